The molecule has 1 aliphatic carbocycles. The lowest BCUT2D eigenvalue weighted by atomic mass is 9.71. The first-order chi connectivity index (χ1) is 8.34. The first-order valence-electron chi connectivity index (χ1n) is 6.38. The highest BCUT2D eigenvalue weighted by atomic mass is 16.3. The van der Waals surface area contributed by atoms with Crippen molar-refractivity contribution in [1.82, 2.24) is 4.98 Å². The van der Waals surface area contributed by atoms with E-state index >= 15 is 0 Å². The lowest BCUT2D eigenvalue weighted by Crippen LogP contribution is -2.37. The molecule has 2 aromatic heterocycles. The Labute approximate surface area is 101 Å². The fourth-order valence-electron chi connectivity index (χ4n) is 2.95. The third kappa shape index (κ3) is 1.75. The number of nitrogens with two attached hydrogens (primary N) is 1. The van der Waals surface area contributed by atoms with Crippen LogP contribution < -0.4 is 5.73 Å². The molecule has 0 unspecified atom stereocenters. The molecule has 1 saturated carbocycles. The van der Waals surface area contributed by atoms with Crippen LogP contribution in [0.1, 0.15) is 37.8 Å². The van der Waals surface area contributed by atoms with Gasteiger partial charge in [0.2, 0.25) is 0 Å². The number of pyridine rings is 1. The summed E-state index contributed by atoms with van der Waals surface area (Å²) in [7, 11) is 0. The van der Waals surface area contributed by atoms with Gasteiger partial charge >= 0.3 is 0 Å². The Bertz CT molecular complexity index is 512. The van der Waals surface area contributed by atoms with Gasteiger partial charge in [0, 0.05) is 23.0 Å². The third-order valence-corrected chi connectivity index (χ3v) is 4.08. The molecule has 0 radical (unpaired) electrons. The maximum absolute atomic E-state index is 6.03. The van der Waals surface area contributed by atoms with Gasteiger partial charge in [0.25, 0.3) is 0 Å². The number of hydrogen-bond donors (Lipinski definition) is 1. The van der Waals surface area contributed by atoms with Gasteiger partial charge in [-0.05, 0) is 25.0 Å². The predicted molar refractivity (Wildman–Crippen MR) is 67.8 cm³/mol. The van der Waals surface area contributed by atoms with Crippen molar-refractivity contribution in [3.05, 3.63) is 30.3 Å². The Balaban J connectivity index is 2.04. The van der Waals surface area contributed by atoms with Crippen molar-refractivity contribution in [3.8, 4) is 0 Å². The van der Waals surface area contributed by atoms with Crippen LogP contribution in [-0.4, -0.2) is 11.5 Å². The van der Waals surface area contributed by atoms with E-state index in [1.165, 1.54) is 32.1 Å². The van der Waals surface area contributed by atoms with Crippen molar-refractivity contribution >= 4 is 11.0 Å². The Kier molecular flexibility index (Phi) is 2.63. The highest BCUT2D eigenvalue weighted by molar-refractivity contribution is 5.76. The molecule has 1 aliphatic rings. The van der Waals surface area contributed by atoms with Gasteiger partial charge in [-0.15, -0.1) is 0 Å². The average Bonchev–Trinajstić information content (AvgIpc) is 2.86. The second kappa shape index (κ2) is 4.15. The Hall–Kier alpha value is -1.35. The zero-order valence-electron chi connectivity index (χ0n) is 9.98. The van der Waals surface area contributed by atoms with Crippen LogP contribution in [0, 0.1) is 0 Å². The summed E-state index contributed by atoms with van der Waals surface area (Å²) < 4.78 is 5.33. The van der Waals surface area contributed by atoms with Crippen molar-refractivity contribution in [2.45, 2.75) is 37.5 Å². The zero-order chi connectivity index (χ0) is 11.7. The predicted octanol–water partition coefficient (Wildman–Crippen LogP) is 2.99. The van der Waals surface area contributed by atoms with Crippen molar-refractivity contribution in [1.29, 1.82) is 0 Å². The molecule has 0 bridgehead atoms. The molecule has 0 atom stereocenters. The number of fused-ring (bicyclic) bond motifs is 1. The molecule has 0 saturated heterocycles. The molecular formula is C14H18N2O. The van der Waals surface area contributed by atoms with E-state index in [1.807, 2.05) is 12.3 Å². The van der Waals surface area contributed by atoms with Crippen LogP contribution in [0.5, 0.6) is 0 Å². The molecule has 3 rings (SSSR count). The molecular weight excluding hydrogens is 212 g/mol. The van der Waals surface area contributed by atoms with E-state index in [-0.39, 0.29) is 5.41 Å². The summed E-state index contributed by atoms with van der Waals surface area (Å²) in [6, 6.07) is 4.14. The largest absolute Gasteiger partial charge is 0.463 e. The standard InChI is InChI=1S/C14H18N2O/c15-10-14(5-2-1-3-6-14)13-8-11-4-7-17-12(11)9-16-13/h4,7-9H,1-3,5-6,10,15H2. The summed E-state index contributed by atoms with van der Waals surface area (Å²) >= 11 is 0. The molecule has 0 aliphatic heterocycles. The Morgan fingerprint density at radius 2 is 2.12 bits per heavy atom. The zero-order valence-corrected chi connectivity index (χ0v) is 9.98. The molecule has 3 nitrogen and oxygen atoms in total. The normalized spacial score (nSPS) is 19.6. The molecule has 0 aromatic carbocycles. The van der Waals surface area contributed by atoms with Gasteiger partial charge in [0.1, 0.15) is 0 Å². The SMILES string of the molecule is NCC1(c2cc3ccoc3cn2)CCCCC1. The number of furan rings is 1. The molecule has 17 heavy (non-hydrogen) atoms. The lowest BCUT2D eigenvalue weighted by molar-refractivity contribution is 0.294. The van der Waals surface area contributed by atoms with Gasteiger partial charge in [0.15, 0.2) is 5.58 Å². The monoisotopic (exact) mass is 230 g/mol. The third-order valence-electron chi connectivity index (χ3n) is 4.08. The van der Waals surface area contributed by atoms with E-state index < -0.39 is 0 Å². The quantitative estimate of drug-likeness (QED) is 0.862. The first-order valence-corrected chi connectivity index (χ1v) is 6.38. The van der Waals surface area contributed by atoms with E-state index in [9.17, 15) is 0 Å². The fourth-order valence-corrected chi connectivity index (χ4v) is 2.95. The van der Waals surface area contributed by atoms with Crippen LogP contribution in [-0.2, 0) is 5.41 Å². The lowest BCUT2D eigenvalue weighted by Gasteiger charge is -2.35. The summed E-state index contributed by atoms with van der Waals surface area (Å²) in [4.78, 5) is 4.57. The van der Waals surface area contributed by atoms with Gasteiger partial charge in [-0.25, -0.2) is 0 Å². The number of rotatable bonds is 2. The van der Waals surface area contributed by atoms with E-state index in [0.29, 0.717) is 6.54 Å². The van der Waals surface area contributed by atoms with Crippen molar-refractivity contribution in [3.63, 3.8) is 0 Å². The topological polar surface area (TPSA) is 52.0 Å². The van der Waals surface area contributed by atoms with E-state index in [4.69, 9.17) is 10.2 Å². The molecule has 0 spiro atoms. The van der Waals surface area contributed by atoms with Crippen LogP contribution >= 0.6 is 0 Å². The van der Waals surface area contributed by atoms with Crippen LogP contribution in [0.2, 0.25) is 0 Å². The van der Waals surface area contributed by atoms with E-state index in [0.717, 1.165) is 16.7 Å². The van der Waals surface area contributed by atoms with Crippen molar-refractivity contribution in [2.24, 2.45) is 5.73 Å². The first kappa shape index (κ1) is 10.8. The highest BCUT2D eigenvalue weighted by Crippen LogP contribution is 2.38. The smallest absolute Gasteiger partial charge is 0.152 e. The van der Waals surface area contributed by atoms with Gasteiger partial charge in [-0.2, -0.15) is 0 Å². The molecule has 2 aromatic rings. The summed E-state index contributed by atoms with van der Waals surface area (Å²) in [6.45, 7) is 0.698. The minimum Gasteiger partial charge on any atom is -0.463 e. The van der Waals surface area contributed by atoms with Crippen LogP contribution in [0.4, 0.5) is 0 Å². The molecule has 0 amide bonds. The molecule has 90 valence electrons. The number of aromatic nitrogens is 1. The summed E-state index contributed by atoms with van der Waals surface area (Å²) in [5.41, 5.74) is 8.13. The van der Waals surface area contributed by atoms with Crippen molar-refractivity contribution in [2.75, 3.05) is 6.54 Å². The minimum absolute atomic E-state index is 0.101. The number of nitrogens with zero attached hydrogens (tertiary/aromatic N) is 1. The molecule has 2 heterocycles. The fraction of sp³-hybridized carbons (Fsp3) is 0.500. The van der Waals surface area contributed by atoms with Crippen LogP contribution in [0.25, 0.3) is 11.0 Å². The van der Waals surface area contributed by atoms with Gasteiger partial charge in [-0.3, -0.25) is 4.98 Å². The second-order valence-corrected chi connectivity index (χ2v) is 5.07. The Morgan fingerprint density at radius 1 is 1.29 bits per heavy atom. The van der Waals surface area contributed by atoms with Crippen LogP contribution in [0.15, 0.2) is 29.0 Å². The minimum atomic E-state index is 0.101. The summed E-state index contributed by atoms with van der Waals surface area (Å²) in [5, 5.41) is 1.13. The van der Waals surface area contributed by atoms with Crippen molar-refractivity contribution < 1.29 is 4.42 Å². The molecule has 2 N–H and O–H groups in total. The maximum Gasteiger partial charge on any atom is 0.152 e. The molecule has 1 fully saturated rings. The van der Waals surface area contributed by atoms with Gasteiger partial charge in [-0.1, -0.05) is 19.3 Å². The summed E-state index contributed by atoms with van der Waals surface area (Å²) in [5.74, 6) is 0. The Morgan fingerprint density at radius 3 is 2.88 bits per heavy atom. The van der Waals surface area contributed by atoms with Crippen LogP contribution in [0.3, 0.4) is 0 Å². The van der Waals surface area contributed by atoms with Gasteiger partial charge in [0.05, 0.1) is 12.5 Å². The van der Waals surface area contributed by atoms with Gasteiger partial charge < -0.3 is 10.2 Å². The number of hydrogen-bond acceptors (Lipinski definition) is 3. The van der Waals surface area contributed by atoms with E-state index in [1.54, 1.807) is 6.26 Å². The maximum atomic E-state index is 6.03. The average molecular weight is 230 g/mol. The summed E-state index contributed by atoms with van der Waals surface area (Å²) in [6.07, 6.45) is 9.74. The van der Waals surface area contributed by atoms with E-state index in [2.05, 4.69) is 11.1 Å². The molecule has 3 heteroatoms. The second-order valence-electron chi connectivity index (χ2n) is 5.07. The highest BCUT2D eigenvalue weighted by Gasteiger charge is 2.33.